The molecular formula is C11H20N2. The lowest BCUT2D eigenvalue weighted by molar-refractivity contribution is -0.0512. The highest BCUT2D eigenvalue weighted by molar-refractivity contribution is 5.01. The van der Waals surface area contributed by atoms with Gasteiger partial charge in [-0.25, -0.2) is 0 Å². The largest absolute Gasteiger partial charge is 0.271 e. The fourth-order valence-corrected chi connectivity index (χ4v) is 4.72. The van der Waals surface area contributed by atoms with Crippen molar-refractivity contribution < 1.29 is 0 Å². The SMILES string of the molecule is NNCC12CC3CC(CC(C3)C1)C2. The summed E-state index contributed by atoms with van der Waals surface area (Å²) >= 11 is 0. The molecule has 4 bridgehead atoms. The maximum absolute atomic E-state index is 5.50. The van der Waals surface area contributed by atoms with Crippen LogP contribution in [0.25, 0.3) is 0 Å². The molecule has 2 nitrogen and oxygen atoms in total. The summed E-state index contributed by atoms with van der Waals surface area (Å²) in [5, 5.41) is 0. The zero-order chi connectivity index (χ0) is 8.89. The van der Waals surface area contributed by atoms with Crippen LogP contribution in [0.4, 0.5) is 0 Å². The Labute approximate surface area is 80.2 Å². The molecule has 0 aromatic carbocycles. The molecule has 0 spiro atoms. The molecular weight excluding hydrogens is 160 g/mol. The summed E-state index contributed by atoms with van der Waals surface area (Å²) in [7, 11) is 0. The second-order valence-corrected chi connectivity index (χ2v) is 5.80. The van der Waals surface area contributed by atoms with Gasteiger partial charge in [0, 0.05) is 6.54 Å². The lowest BCUT2D eigenvalue weighted by atomic mass is 9.49. The Bertz CT molecular complexity index is 177. The molecule has 0 aliphatic heterocycles. The van der Waals surface area contributed by atoms with Gasteiger partial charge in [-0.05, 0) is 61.7 Å². The Balaban J connectivity index is 1.83. The predicted molar refractivity (Wildman–Crippen MR) is 52.8 cm³/mol. The van der Waals surface area contributed by atoms with Crippen LogP contribution in [0.3, 0.4) is 0 Å². The van der Waals surface area contributed by atoms with Crippen LogP contribution in [0.15, 0.2) is 0 Å². The molecule has 0 aromatic rings. The van der Waals surface area contributed by atoms with E-state index in [0.717, 1.165) is 24.3 Å². The zero-order valence-corrected chi connectivity index (χ0v) is 8.26. The Morgan fingerprint density at radius 2 is 1.46 bits per heavy atom. The minimum Gasteiger partial charge on any atom is -0.271 e. The van der Waals surface area contributed by atoms with Crippen LogP contribution in [0.1, 0.15) is 38.5 Å². The molecule has 0 heterocycles. The summed E-state index contributed by atoms with van der Waals surface area (Å²) in [6, 6.07) is 0. The van der Waals surface area contributed by atoms with Crippen molar-refractivity contribution in [2.24, 2.45) is 29.0 Å². The summed E-state index contributed by atoms with van der Waals surface area (Å²) in [5.74, 6) is 8.67. The highest BCUT2D eigenvalue weighted by Crippen LogP contribution is 2.59. The summed E-state index contributed by atoms with van der Waals surface area (Å²) in [5.41, 5.74) is 3.54. The molecule has 4 aliphatic rings. The topological polar surface area (TPSA) is 38.0 Å². The average molecular weight is 180 g/mol. The van der Waals surface area contributed by atoms with Gasteiger partial charge in [-0.15, -0.1) is 0 Å². The third-order valence-electron chi connectivity index (χ3n) is 4.64. The van der Waals surface area contributed by atoms with Crippen LogP contribution in [0, 0.1) is 23.2 Å². The maximum Gasteiger partial charge on any atom is 0.0154 e. The molecule has 0 saturated heterocycles. The van der Waals surface area contributed by atoms with Gasteiger partial charge in [-0.3, -0.25) is 11.3 Å². The number of nitrogens with one attached hydrogen (secondary N) is 1. The smallest absolute Gasteiger partial charge is 0.0154 e. The first kappa shape index (κ1) is 8.25. The molecule has 0 atom stereocenters. The molecule has 2 heteroatoms. The van der Waals surface area contributed by atoms with Crippen molar-refractivity contribution in [2.75, 3.05) is 6.54 Å². The molecule has 0 unspecified atom stereocenters. The van der Waals surface area contributed by atoms with Crippen LogP contribution in [-0.2, 0) is 0 Å². The summed E-state index contributed by atoms with van der Waals surface area (Å²) in [6.07, 6.45) is 8.98. The van der Waals surface area contributed by atoms with Crippen molar-refractivity contribution in [1.29, 1.82) is 0 Å². The van der Waals surface area contributed by atoms with E-state index in [0.29, 0.717) is 5.41 Å². The van der Waals surface area contributed by atoms with Gasteiger partial charge >= 0.3 is 0 Å². The average Bonchev–Trinajstić information content (AvgIpc) is 2.00. The predicted octanol–water partition coefficient (Wildman–Crippen LogP) is 1.67. The molecule has 4 saturated carbocycles. The summed E-state index contributed by atoms with van der Waals surface area (Å²) < 4.78 is 0. The van der Waals surface area contributed by atoms with Gasteiger partial charge in [0.25, 0.3) is 0 Å². The van der Waals surface area contributed by atoms with E-state index in [2.05, 4.69) is 5.43 Å². The van der Waals surface area contributed by atoms with Gasteiger partial charge < -0.3 is 0 Å². The summed E-state index contributed by atoms with van der Waals surface area (Å²) in [6.45, 7) is 1.07. The second kappa shape index (κ2) is 2.71. The summed E-state index contributed by atoms with van der Waals surface area (Å²) in [4.78, 5) is 0. The van der Waals surface area contributed by atoms with Crippen LogP contribution >= 0.6 is 0 Å². The lowest BCUT2D eigenvalue weighted by Gasteiger charge is -2.56. The van der Waals surface area contributed by atoms with Gasteiger partial charge in [0.15, 0.2) is 0 Å². The van der Waals surface area contributed by atoms with Gasteiger partial charge in [0.2, 0.25) is 0 Å². The molecule has 4 rings (SSSR count). The number of hydrogen-bond donors (Lipinski definition) is 2. The fourth-order valence-electron chi connectivity index (χ4n) is 4.72. The van der Waals surface area contributed by atoms with E-state index in [-0.39, 0.29) is 0 Å². The van der Waals surface area contributed by atoms with E-state index in [1.54, 1.807) is 0 Å². The third kappa shape index (κ3) is 1.23. The second-order valence-electron chi connectivity index (χ2n) is 5.80. The fraction of sp³-hybridized carbons (Fsp3) is 1.00. The van der Waals surface area contributed by atoms with Crippen molar-refractivity contribution in [3.05, 3.63) is 0 Å². The van der Waals surface area contributed by atoms with Crippen LogP contribution in [-0.4, -0.2) is 6.54 Å². The van der Waals surface area contributed by atoms with Crippen LogP contribution in [0.2, 0.25) is 0 Å². The lowest BCUT2D eigenvalue weighted by Crippen LogP contribution is -2.51. The Hall–Kier alpha value is -0.0800. The molecule has 4 aliphatic carbocycles. The molecule has 74 valence electrons. The van der Waals surface area contributed by atoms with Crippen molar-refractivity contribution in [3.8, 4) is 0 Å². The maximum atomic E-state index is 5.50. The van der Waals surface area contributed by atoms with Crippen molar-refractivity contribution in [2.45, 2.75) is 38.5 Å². The van der Waals surface area contributed by atoms with Crippen molar-refractivity contribution >= 4 is 0 Å². The normalized spacial score (nSPS) is 52.8. The Kier molecular flexibility index (Phi) is 1.72. The first-order valence-electron chi connectivity index (χ1n) is 5.73. The molecule has 0 aromatic heterocycles. The number of nitrogens with two attached hydrogens (primary N) is 1. The molecule has 0 radical (unpaired) electrons. The standard InChI is InChI=1S/C11H20N2/c12-13-7-11-4-8-1-9(5-11)3-10(2-8)6-11/h8-10,13H,1-7,12H2. The zero-order valence-electron chi connectivity index (χ0n) is 8.26. The van der Waals surface area contributed by atoms with Crippen molar-refractivity contribution in [3.63, 3.8) is 0 Å². The molecule has 3 N–H and O–H groups in total. The van der Waals surface area contributed by atoms with Crippen LogP contribution < -0.4 is 11.3 Å². The first-order valence-corrected chi connectivity index (χ1v) is 5.73. The molecule has 4 fully saturated rings. The molecule has 13 heavy (non-hydrogen) atoms. The van der Waals surface area contributed by atoms with Gasteiger partial charge in [0.05, 0.1) is 0 Å². The van der Waals surface area contributed by atoms with Gasteiger partial charge in [-0.1, -0.05) is 0 Å². The van der Waals surface area contributed by atoms with Gasteiger partial charge in [0.1, 0.15) is 0 Å². The van der Waals surface area contributed by atoms with E-state index < -0.39 is 0 Å². The minimum absolute atomic E-state index is 0.615. The van der Waals surface area contributed by atoms with Crippen LogP contribution in [0.5, 0.6) is 0 Å². The van der Waals surface area contributed by atoms with Gasteiger partial charge in [-0.2, -0.15) is 0 Å². The number of hydrogen-bond acceptors (Lipinski definition) is 2. The highest BCUT2D eigenvalue weighted by Gasteiger charge is 2.50. The van der Waals surface area contributed by atoms with E-state index in [1.807, 2.05) is 0 Å². The van der Waals surface area contributed by atoms with E-state index in [4.69, 9.17) is 5.84 Å². The van der Waals surface area contributed by atoms with E-state index in [1.165, 1.54) is 38.5 Å². The monoisotopic (exact) mass is 180 g/mol. The molecule has 0 amide bonds. The van der Waals surface area contributed by atoms with Crippen molar-refractivity contribution in [1.82, 2.24) is 5.43 Å². The number of hydrazine groups is 1. The van der Waals surface area contributed by atoms with E-state index in [9.17, 15) is 0 Å². The Morgan fingerprint density at radius 3 is 1.85 bits per heavy atom. The quantitative estimate of drug-likeness (QED) is 0.501. The third-order valence-corrected chi connectivity index (χ3v) is 4.64. The highest BCUT2D eigenvalue weighted by atomic mass is 15.2. The van der Waals surface area contributed by atoms with E-state index >= 15 is 0 Å². The number of rotatable bonds is 2. The Morgan fingerprint density at radius 1 is 1.00 bits per heavy atom. The first-order chi connectivity index (χ1) is 6.30. The minimum atomic E-state index is 0.615.